The Balaban J connectivity index is 2.62. The second kappa shape index (κ2) is 3.85. The lowest BCUT2D eigenvalue weighted by Gasteiger charge is -2.22. The minimum absolute atomic E-state index is 0.0608. The van der Waals surface area contributed by atoms with Gasteiger partial charge in [-0.05, 0) is 13.3 Å². The Bertz CT molecular complexity index is 150. The summed E-state index contributed by atoms with van der Waals surface area (Å²) < 4.78 is -0.0608. The van der Waals surface area contributed by atoms with E-state index in [0.29, 0.717) is 5.78 Å². The number of thioether (sulfide) groups is 2. The molecule has 0 bridgehead atoms. The van der Waals surface area contributed by atoms with E-state index in [0.717, 1.165) is 24.3 Å². The molecular weight excluding hydrogens is 176 g/mol. The first-order chi connectivity index (χ1) is 5.21. The second-order valence-corrected chi connectivity index (χ2v) is 5.80. The molecule has 3 heteroatoms. The molecule has 1 nitrogen and oxygen atoms in total. The van der Waals surface area contributed by atoms with Gasteiger partial charge in [0.25, 0.3) is 0 Å². The number of rotatable bonds is 3. The summed E-state index contributed by atoms with van der Waals surface area (Å²) in [6, 6.07) is 0. The zero-order valence-corrected chi connectivity index (χ0v) is 8.69. The van der Waals surface area contributed by atoms with Crippen LogP contribution in [-0.2, 0) is 4.79 Å². The van der Waals surface area contributed by atoms with Crippen molar-refractivity contribution in [3.05, 3.63) is 0 Å². The van der Waals surface area contributed by atoms with Crippen LogP contribution in [0.5, 0.6) is 0 Å². The van der Waals surface area contributed by atoms with Gasteiger partial charge in [0.15, 0.2) is 5.78 Å². The van der Waals surface area contributed by atoms with E-state index < -0.39 is 0 Å². The van der Waals surface area contributed by atoms with Gasteiger partial charge in [0, 0.05) is 11.5 Å². The minimum Gasteiger partial charge on any atom is -0.297 e. The molecule has 1 saturated heterocycles. The Morgan fingerprint density at radius 2 is 2.00 bits per heavy atom. The van der Waals surface area contributed by atoms with Gasteiger partial charge < -0.3 is 0 Å². The maximum Gasteiger partial charge on any atom is 0.155 e. The number of Topliss-reactive ketones (excluding diaryl/α,β-unsaturated/α-hetero) is 1. The van der Waals surface area contributed by atoms with Gasteiger partial charge in [-0.1, -0.05) is 13.3 Å². The summed E-state index contributed by atoms with van der Waals surface area (Å²) in [4.78, 5) is 11.3. The summed E-state index contributed by atoms with van der Waals surface area (Å²) in [6.45, 7) is 3.87. The van der Waals surface area contributed by atoms with Crippen molar-refractivity contribution < 1.29 is 4.79 Å². The van der Waals surface area contributed by atoms with Gasteiger partial charge in [-0.25, -0.2) is 0 Å². The topological polar surface area (TPSA) is 17.1 Å². The van der Waals surface area contributed by atoms with Crippen molar-refractivity contribution >= 4 is 29.3 Å². The summed E-state index contributed by atoms with van der Waals surface area (Å²) >= 11 is 3.67. The quantitative estimate of drug-likeness (QED) is 0.681. The van der Waals surface area contributed by atoms with Crippen LogP contribution in [0.15, 0.2) is 0 Å². The molecule has 0 saturated carbocycles. The summed E-state index contributed by atoms with van der Waals surface area (Å²) in [6.07, 6.45) is 2.15. The standard InChI is InChI=1S/C8H14OS2/c1-3-4-8(7(2)9)10-5-6-11-8/h3-6H2,1-2H3. The van der Waals surface area contributed by atoms with Crippen LogP contribution >= 0.6 is 23.5 Å². The smallest absolute Gasteiger partial charge is 0.155 e. The van der Waals surface area contributed by atoms with Gasteiger partial charge in [0.05, 0.1) is 0 Å². The molecule has 1 rings (SSSR count). The zero-order valence-electron chi connectivity index (χ0n) is 7.05. The fourth-order valence-electron chi connectivity index (χ4n) is 1.31. The monoisotopic (exact) mass is 190 g/mol. The maximum absolute atomic E-state index is 11.3. The molecule has 1 heterocycles. The molecule has 0 aliphatic carbocycles. The van der Waals surface area contributed by atoms with E-state index in [-0.39, 0.29) is 4.08 Å². The van der Waals surface area contributed by atoms with E-state index in [9.17, 15) is 4.79 Å². The number of ketones is 1. The molecular formula is C8H14OS2. The third-order valence-electron chi connectivity index (χ3n) is 1.87. The molecule has 0 amide bonds. The molecule has 1 aliphatic rings. The first-order valence-corrected chi connectivity index (χ1v) is 5.97. The molecule has 0 N–H and O–H groups in total. The number of carbonyl (C=O) groups excluding carboxylic acids is 1. The fourth-order valence-corrected chi connectivity index (χ4v) is 4.57. The van der Waals surface area contributed by atoms with Crippen LogP contribution in [0.25, 0.3) is 0 Å². The third-order valence-corrected chi connectivity index (χ3v) is 5.57. The Morgan fingerprint density at radius 3 is 2.36 bits per heavy atom. The van der Waals surface area contributed by atoms with E-state index >= 15 is 0 Å². The van der Waals surface area contributed by atoms with Crippen LogP contribution in [-0.4, -0.2) is 21.4 Å². The van der Waals surface area contributed by atoms with Gasteiger partial charge in [0.1, 0.15) is 4.08 Å². The highest BCUT2D eigenvalue weighted by molar-refractivity contribution is 8.22. The van der Waals surface area contributed by atoms with Crippen molar-refractivity contribution in [3.63, 3.8) is 0 Å². The summed E-state index contributed by atoms with van der Waals surface area (Å²) in [5.74, 6) is 2.64. The van der Waals surface area contributed by atoms with Gasteiger partial charge in [-0.2, -0.15) is 0 Å². The predicted octanol–water partition coefficient (Wildman–Crippen LogP) is 2.55. The van der Waals surface area contributed by atoms with Crippen molar-refractivity contribution in [2.24, 2.45) is 0 Å². The van der Waals surface area contributed by atoms with Gasteiger partial charge in [-0.15, -0.1) is 23.5 Å². The first kappa shape index (κ1) is 9.46. The molecule has 0 aromatic carbocycles. The van der Waals surface area contributed by atoms with Crippen LogP contribution in [0.3, 0.4) is 0 Å². The molecule has 0 radical (unpaired) electrons. The van der Waals surface area contributed by atoms with Gasteiger partial charge in [-0.3, -0.25) is 4.79 Å². The second-order valence-electron chi connectivity index (χ2n) is 2.76. The SMILES string of the molecule is CCCC1(C(C)=O)SCCS1. The number of carbonyl (C=O) groups is 1. The van der Waals surface area contributed by atoms with E-state index in [2.05, 4.69) is 6.92 Å². The third kappa shape index (κ3) is 1.94. The largest absolute Gasteiger partial charge is 0.297 e. The summed E-state index contributed by atoms with van der Waals surface area (Å²) in [5, 5.41) is 0. The lowest BCUT2D eigenvalue weighted by atomic mass is 10.2. The highest BCUT2D eigenvalue weighted by Crippen LogP contribution is 2.47. The average Bonchev–Trinajstić information content (AvgIpc) is 2.38. The number of hydrogen-bond donors (Lipinski definition) is 0. The Hall–Kier alpha value is 0.370. The van der Waals surface area contributed by atoms with Crippen molar-refractivity contribution in [2.45, 2.75) is 30.8 Å². The maximum atomic E-state index is 11.3. The molecule has 0 aromatic heterocycles. The lowest BCUT2D eigenvalue weighted by Crippen LogP contribution is -2.26. The molecule has 1 fully saturated rings. The van der Waals surface area contributed by atoms with Crippen molar-refractivity contribution in [3.8, 4) is 0 Å². The lowest BCUT2D eigenvalue weighted by molar-refractivity contribution is -0.117. The minimum atomic E-state index is -0.0608. The molecule has 0 aromatic rings. The van der Waals surface area contributed by atoms with Crippen molar-refractivity contribution in [1.82, 2.24) is 0 Å². The van der Waals surface area contributed by atoms with Crippen LogP contribution in [0.4, 0.5) is 0 Å². The highest BCUT2D eigenvalue weighted by atomic mass is 32.2. The first-order valence-electron chi connectivity index (χ1n) is 4.00. The highest BCUT2D eigenvalue weighted by Gasteiger charge is 2.38. The van der Waals surface area contributed by atoms with E-state index in [1.54, 1.807) is 6.92 Å². The molecule has 0 atom stereocenters. The average molecular weight is 190 g/mol. The fraction of sp³-hybridized carbons (Fsp3) is 0.875. The van der Waals surface area contributed by atoms with Gasteiger partial charge >= 0.3 is 0 Å². The molecule has 1 aliphatic heterocycles. The molecule has 11 heavy (non-hydrogen) atoms. The van der Waals surface area contributed by atoms with E-state index in [1.807, 2.05) is 23.5 Å². The van der Waals surface area contributed by atoms with Crippen LogP contribution in [0.2, 0.25) is 0 Å². The van der Waals surface area contributed by atoms with Crippen LogP contribution in [0.1, 0.15) is 26.7 Å². The van der Waals surface area contributed by atoms with Crippen LogP contribution < -0.4 is 0 Å². The predicted molar refractivity (Wildman–Crippen MR) is 53.2 cm³/mol. The van der Waals surface area contributed by atoms with Crippen molar-refractivity contribution in [2.75, 3.05) is 11.5 Å². The summed E-state index contributed by atoms with van der Waals surface area (Å²) in [7, 11) is 0. The molecule has 0 unspecified atom stereocenters. The zero-order chi connectivity index (χ0) is 8.32. The number of hydrogen-bond acceptors (Lipinski definition) is 3. The van der Waals surface area contributed by atoms with E-state index in [4.69, 9.17) is 0 Å². The van der Waals surface area contributed by atoms with E-state index in [1.165, 1.54) is 0 Å². The summed E-state index contributed by atoms with van der Waals surface area (Å²) in [5.41, 5.74) is 0. The Morgan fingerprint density at radius 1 is 1.45 bits per heavy atom. The van der Waals surface area contributed by atoms with Gasteiger partial charge in [0.2, 0.25) is 0 Å². The molecule has 64 valence electrons. The Kier molecular flexibility index (Phi) is 3.31. The Labute approximate surface area is 76.7 Å². The molecule has 0 spiro atoms. The van der Waals surface area contributed by atoms with Crippen LogP contribution in [0, 0.1) is 0 Å². The normalized spacial score (nSPS) is 22.0. The van der Waals surface area contributed by atoms with Crippen molar-refractivity contribution in [1.29, 1.82) is 0 Å².